The Kier molecular flexibility index (Phi) is 5.07. The van der Waals surface area contributed by atoms with E-state index in [0.29, 0.717) is 22.5 Å². The SMILES string of the molecule is COC(=O)C1=C(C)N=C(C)C(C(=O)OC)C1c1ccc(O)c(C)c1. The number of hydrogen-bond acceptors (Lipinski definition) is 6. The largest absolute Gasteiger partial charge is 0.508 e. The first kappa shape index (κ1) is 17.7. The second-order valence-corrected chi connectivity index (χ2v) is 5.77. The lowest BCUT2D eigenvalue weighted by Gasteiger charge is -2.31. The zero-order chi connectivity index (χ0) is 18.0. The van der Waals surface area contributed by atoms with Crippen LogP contribution >= 0.6 is 0 Å². The summed E-state index contributed by atoms with van der Waals surface area (Å²) in [6.45, 7) is 5.20. The smallest absolute Gasteiger partial charge is 0.336 e. The number of ether oxygens (including phenoxy) is 2. The predicted octanol–water partition coefficient (Wildman–Crippen LogP) is 2.49. The average molecular weight is 331 g/mol. The Balaban J connectivity index is 2.69. The zero-order valence-corrected chi connectivity index (χ0v) is 14.4. The van der Waals surface area contributed by atoms with E-state index in [2.05, 4.69) is 4.99 Å². The highest BCUT2D eigenvalue weighted by molar-refractivity contribution is 6.06. The fourth-order valence-electron chi connectivity index (χ4n) is 3.08. The molecule has 0 radical (unpaired) electrons. The van der Waals surface area contributed by atoms with Gasteiger partial charge in [-0.25, -0.2) is 4.79 Å². The Labute approximate surface area is 140 Å². The van der Waals surface area contributed by atoms with Gasteiger partial charge in [0.05, 0.1) is 19.8 Å². The Bertz CT molecular complexity index is 748. The summed E-state index contributed by atoms with van der Waals surface area (Å²) in [5.74, 6) is -2.16. The number of aromatic hydroxyl groups is 1. The fourth-order valence-corrected chi connectivity index (χ4v) is 3.08. The highest BCUT2D eigenvalue weighted by Gasteiger charge is 2.42. The van der Waals surface area contributed by atoms with E-state index in [1.807, 2.05) is 0 Å². The molecule has 2 rings (SSSR count). The lowest BCUT2D eigenvalue weighted by molar-refractivity contribution is -0.143. The van der Waals surface area contributed by atoms with E-state index in [4.69, 9.17) is 9.47 Å². The van der Waals surface area contributed by atoms with Gasteiger partial charge in [-0.05, 0) is 38.0 Å². The Morgan fingerprint density at radius 1 is 1.12 bits per heavy atom. The second kappa shape index (κ2) is 6.86. The van der Waals surface area contributed by atoms with Crippen molar-refractivity contribution < 1.29 is 24.2 Å². The lowest BCUT2D eigenvalue weighted by atomic mass is 9.75. The standard InChI is InChI=1S/C18H21NO5/c1-9-8-12(6-7-13(9)20)16-14(17(21)23-4)10(2)19-11(3)15(16)18(22)24-5/h6-8,14,16,20H,1-5H3. The van der Waals surface area contributed by atoms with E-state index in [1.54, 1.807) is 39.0 Å². The molecule has 1 aromatic rings. The van der Waals surface area contributed by atoms with Gasteiger partial charge in [-0.3, -0.25) is 9.79 Å². The molecule has 24 heavy (non-hydrogen) atoms. The Morgan fingerprint density at radius 3 is 2.33 bits per heavy atom. The first-order chi connectivity index (χ1) is 11.3. The first-order valence-corrected chi connectivity index (χ1v) is 7.53. The summed E-state index contributed by atoms with van der Waals surface area (Å²) in [6, 6.07) is 4.99. The summed E-state index contributed by atoms with van der Waals surface area (Å²) in [5.41, 5.74) is 2.77. The molecule has 0 spiro atoms. The number of hydrogen-bond donors (Lipinski definition) is 1. The molecule has 0 saturated carbocycles. The third kappa shape index (κ3) is 3.04. The molecule has 1 N–H and O–H groups in total. The molecule has 0 aliphatic carbocycles. The van der Waals surface area contributed by atoms with Gasteiger partial charge in [0.25, 0.3) is 0 Å². The minimum Gasteiger partial charge on any atom is -0.508 e. The van der Waals surface area contributed by atoms with Gasteiger partial charge in [0.2, 0.25) is 0 Å². The van der Waals surface area contributed by atoms with Crippen LogP contribution in [0.15, 0.2) is 34.5 Å². The predicted molar refractivity (Wildman–Crippen MR) is 88.9 cm³/mol. The number of nitrogens with zero attached hydrogens (tertiary/aromatic N) is 1. The minimum atomic E-state index is -0.725. The van der Waals surface area contributed by atoms with Gasteiger partial charge in [0, 0.05) is 17.3 Å². The van der Waals surface area contributed by atoms with Gasteiger partial charge in [-0.15, -0.1) is 0 Å². The minimum absolute atomic E-state index is 0.148. The highest BCUT2D eigenvalue weighted by Crippen LogP contribution is 2.40. The van der Waals surface area contributed by atoms with E-state index in [-0.39, 0.29) is 5.75 Å². The van der Waals surface area contributed by atoms with E-state index in [1.165, 1.54) is 14.2 Å². The number of allylic oxidation sites excluding steroid dienone is 1. The van der Waals surface area contributed by atoms with Crippen LogP contribution in [0.25, 0.3) is 0 Å². The lowest BCUT2D eigenvalue weighted by Crippen LogP contribution is -2.36. The topological polar surface area (TPSA) is 85.2 Å². The van der Waals surface area contributed by atoms with Crippen molar-refractivity contribution in [2.24, 2.45) is 10.9 Å². The monoisotopic (exact) mass is 331 g/mol. The number of aliphatic imine (C=N–C) groups is 1. The molecule has 6 heteroatoms. The number of rotatable bonds is 3. The summed E-state index contributed by atoms with van der Waals surface area (Å²) in [5, 5.41) is 9.77. The van der Waals surface area contributed by atoms with Crippen LogP contribution in [0.3, 0.4) is 0 Å². The molecular weight excluding hydrogens is 310 g/mol. The summed E-state index contributed by atoms with van der Waals surface area (Å²) in [4.78, 5) is 29.0. The average Bonchev–Trinajstić information content (AvgIpc) is 2.55. The summed E-state index contributed by atoms with van der Waals surface area (Å²) in [7, 11) is 2.60. The van der Waals surface area contributed by atoms with E-state index < -0.39 is 23.8 Å². The van der Waals surface area contributed by atoms with Crippen molar-refractivity contribution in [1.82, 2.24) is 0 Å². The zero-order valence-electron chi connectivity index (χ0n) is 14.4. The maximum absolute atomic E-state index is 12.3. The number of carbonyl (C=O) groups is 2. The summed E-state index contributed by atoms with van der Waals surface area (Å²) in [6.07, 6.45) is 0. The normalized spacial score (nSPS) is 20.5. The van der Waals surface area contributed by atoms with Crippen molar-refractivity contribution in [1.29, 1.82) is 0 Å². The molecule has 1 aliphatic rings. The summed E-state index contributed by atoms with van der Waals surface area (Å²) < 4.78 is 9.81. The van der Waals surface area contributed by atoms with Crippen LogP contribution in [0.4, 0.5) is 0 Å². The molecule has 0 bridgehead atoms. The van der Waals surface area contributed by atoms with Crippen molar-refractivity contribution in [3.05, 3.63) is 40.6 Å². The number of benzene rings is 1. The first-order valence-electron chi connectivity index (χ1n) is 7.53. The van der Waals surface area contributed by atoms with Crippen LogP contribution in [0.2, 0.25) is 0 Å². The molecule has 0 amide bonds. The number of phenolic OH excluding ortho intramolecular Hbond substituents is 1. The van der Waals surface area contributed by atoms with Crippen molar-refractivity contribution >= 4 is 17.7 Å². The van der Waals surface area contributed by atoms with Crippen LogP contribution in [0, 0.1) is 12.8 Å². The van der Waals surface area contributed by atoms with Gasteiger partial charge in [-0.2, -0.15) is 0 Å². The van der Waals surface area contributed by atoms with Gasteiger partial charge in [0.1, 0.15) is 11.7 Å². The Hall–Kier alpha value is -2.63. The quantitative estimate of drug-likeness (QED) is 0.860. The van der Waals surface area contributed by atoms with Crippen molar-refractivity contribution in [3.63, 3.8) is 0 Å². The molecule has 1 aromatic carbocycles. The highest BCUT2D eigenvalue weighted by atomic mass is 16.5. The van der Waals surface area contributed by atoms with Crippen molar-refractivity contribution in [3.8, 4) is 5.75 Å². The van der Waals surface area contributed by atoms with Crippen LogP contribution in [-0.4, -0.2) is 37.0 Å². The molecule has 6 nitrogen and oxygen atoms in total. The third-order valence-electron chi connectivity index (χ3n) is 4.27. The number of carbonyl (C=O) groups excluding carboxylic acids is 2. The van der Waals surface area contributed by atoms with E-state index in [0.717, 1.165) is 5.56 Å². The van der Waals surface area contributed by atoms with Crippen LogP contribution < -0.4 is 0 Å². The van der Waals surface area contributed by atoms with E-state index >= 15 is 0 Å². The van der Waals surface area contributed by atoms with Crippen LogP contribution in [-0.2, 0) is 19.1 Å². The Morgan fingerprint density at radius 2 is 1.79 bits per heavy atom. The third-order valence-corrected chi connectivity index (χ3v) is 4.27. The maximum Gasteiger partial charge on any atom is 0.336 e. The van der Waals surface area contributed by atoms with E-state index in [9.17, 15) is 14.7 Å². The maximum atomic E-state index is 12.3. The van der Waals surface area contributed by atoms with Crippen molar-refractivity contribution in [2.45, 2.75) is 26.7 Å². The number of methoxy groups -OCH3 is 2. The number of aryl methyl sites for hydroxylation is 1. The fraction of sp³-hybridized carbons (Fsp3) is 0.389. The van der Waals surface area contributed by atoms with Crippen LogP contribution in [0.5, 0.6) is 5.75 Å². The molecule has 0 aromatic heterocycles. The molecule has 1 aliphatic heterocycles. The van der Waals surface area contributed by atoms with Gasteiger partial charge in [0.15, 0.2) is 0 Å². The van der Waals surface area contributed by atoms with Gasteiger partial charge in [-0.1, -0.05) is 12.1 Å². The number of esters is 2. The van der Waals surface area contributed by atoms with Gasteiger partial charge >= 0.3 is 11.9 Å². The second-order valence-electron chi connectivity index (χ2n) is 5.77. The molecule has 128 valence electrons. The summed E-state index contributed by atoms with van der Waals surface area (Å²) >= 11 is 0. The molecular formula is C18H21NO5. The molecule has 2 unspecified atom stereocenters. The number of phenols is 1. The molecule has 0 fully saturated rings. The van der Waals surface area contributed by atoms with Crippen LogP contribution in [0.1, 0.15) is 30.9 Å². The molecule has 1 heterocycles. The molecule has 0 saturated heterocycles. The van der Waals surface area contributed by atoms with Crippen molar-refractivity contribution in [2.75, 3.05) is 14.2 Å². The van der Waals surface area contributed by atoms with Gasteiger partial charge < -0.3 is 14.6 Å². The molecule has 2 atom stereocenters.